The number of hydrogen-bond acceptors (Lipinski definition) is 6. The Kier molecular flexibility index (Phi) is 6.67. The summed E-state index contributed by atoms with van der Waals surface area (Å²) in [6.45, 7) is 0. The molecule has 6 nitrogen and oxygen atoms in total. The zero-order valence-electron chi connectivity index (χ0n) is 22.6. The van der Waals surface area contributed by atoms with E-state index in [0.29, 0.717) is 59.3 Å². The van der Waals surface area contributed by atoms with E-state index in [9.17, 15) is 25.5 Å². The number of hydrogen-bond donors (Lipinski definition) is 5. The summed E-state index contributed by atoms with van der Waals surface area (Å²) in [6.07, 6.45) is 1.97. The number of benzene rings is 5. The molecule has 0 unspecified atom stereocenters. The van der Waals surface area contributed by atoms with Crippen LogP contribution in [-0.4, -0.2) is 32.6 Å². The fourth-order valence-corrected chi connectivity index (χ4v) is 5.99. The van der Waals surface area contributed by atoms with Crippen LogP contribution in [0.15, 0.2) is 84.9 Å². The molecule has 0 spiro atoms. The number of fused-ring (bicyclic) bond motifs is 3. The van der Waals surface area contributed by atoms with E-state index in [1.54, 1.807) is 37.4 Å². The summed E-state index contributed by atoms with van der Waals surface area (Å²) in [6, 6.07) is 24.6. The molecule has 0 radical (unpaired) electrons. The highest BCUT2D eigenvalue weighted by molar-refractivity contribution is 5.94. The van der Waals surface area contributed by atoms with Crippen molar-refractivity contribution >= 4 is 0 Å². The molecule has 5 N–H and O–H groups in total. The molecular formula is C35H30O6. The summed E-state index contributed by atoms with van der Waals surface area (Å²) in [7, 11) is 1.57. The largest absolute Gasteiger partial charge is 0.508 e. The number of ether oxygens (including phenoxy) is 1. The van der Waals surface area contributed by atoms with Gasteiger partial charge in [-0.25, -0.2) is 0 Å². The first-order valence-electron chi connectivity index (χ1n) is 13.5. The van der Waals surface area contributed by atoms with Crippen LogP contribution in [0.3, 0.4) is 0 Å². The van der Waals surface area contributed by atoms with Crippen LogP contribution in [0.1, 0.15) is 33.4 Å². The summed E-state index contributed by atoms with van der Waals surface area (Å²) in [4.78, 5) is 0. The molecule has 5 aromatic rings. The minimum absolute atomic E-state index is 0.00120. The fourth-order valence-electron chi connectivity index (χ4n) is 5.99. The molecule has 0 saturated carbocycles. The first kappa shape index (κ1) is 26.1. The zero-order valence-corrected chi connectivity index (χ0v) is 22.6. The third-order valence-electron chi connectivity index (χ3n) is 7.94. The van der Waals surface area contributed by atoms with Crippen LogP contribution < -0.4 is 4.74 Å². The van der Waals surface area contributed by atoms with Gasteiger partial charge in [0.2, 0.25) is 0 Å². The lowest BCUT2D eigenvalue weighted by Crippen LogP contribution is -2.13. The van der Waals surface area contributed by atoms with Gasteiger partial charge in [-0.05, 0) is 64.9 Å². The van der Waals surface area contributed by atoms with Crippen molar-refractivity contribution in [3.05, 3.63) is 118 Å². The summed E-state index contributed by atoms with van der Waals surface area (Å²) in [5.41, 5.74) is 7.06. The Morgan fingerprint density at radius 2 is 1.12 bits per heavy atom. The molecule has 0 heterocycles. The van der Waals surface area contributed by atoms with Crippen molar-refractivity contribution in [3.8, 4) is 56.8 Å². The Hall–Kier alpha value is -5.10. The molecular weight excluding hydrogens is 516 g/mol. The van der Waals surface area contributed by atoms with Crippen LogP contribution >= 0.6 is 0 Å². The normalized spacial score (nSPS) is 12.0. The summed E-state index contributed by atoms with van der Waals surface area (Å²) in [5, 5.41) is 54.4. The molecule has 6 rings (SSSR count). The maximum Gasteiger partial charge on any atom is 0.135 e. The maximum atomic E-state index is 11.8. The second kappa shape index (κ2) is 10.5. The first-order valence-corrected chi connectivity index (χ1v) is 13.5. The molecule has 0 saturated heterocycles. The first-order chi connectivity index (χ1) is 19.9. The van der Waals surface area contributed by atoms with Crippen LogP contribution in [-0.2, 0) is 25.7 Å². The van der Waals surface area contributed by atoms with Crippen LogP contribution in [0.2, 0.25) is 0 Å². The lowest BCUT2D eigenvalue weighted by molar-refractivity contribution is 0.402. The third kappa shape index (κ3) is 4.67. The standard InChI is InChI=1S/C35H30O6/c1-41-30-19-29(38)32-25(27(30)17-20-7-11-23(36)12-8-20)15-16-26-28(18-21-9-13-24(37)14-10-21)34(39)31(35(40)33(26)32)22-5-3-2-4-6-22/h2-14,19,36-40H,15-18H2,1H3. The Bertz CT molecular complexity index is 1740. The smallest absolute Gasteiger partial charge is 0.135 e. The number of phenolic OH excluding ortho intramolecular Hbond substituents is 5. The van der Waals surface area contributed by atoms with Gasteiger partial charge in [0.1, 0.15) is 34.5 Å². The Morgan fingerprint density at radius 3 is 1.68 bits per heavy atom. The van der Waals surface area contributed by atoms with Gasteiger partial charge in [0, 0.05) is 41.2 Å². The second-order valence-corrected chi connectivity index (χ2v) is 10.4. The maximum absolute atomic E-state index is 11.8. The number of phenols is 5. The molecule has 5 aromatic carbocycles. The predicted molar refractivity (Wildman–Crippen MR) is 158 cm³/mol. The van der Waals surface area contributed by atoms with Crippen molar-refractivity contribution in [1.82, 2.24) is 0 Å². The lowest BCUT2D eigenvalue weighted by atomic mass is 9.76. The van der Waals surface area contributed by atoms with Gasteiger partial charge in [0.15, 0.2) is 0 Å². The highest BCUT2D eigenvalue weighted by atomic mass is 16.5. The average Bonchev–Trinajstić information content (AvgIpc) is 2.98. The quantitative estimate of drug-likeness (QED) is 0.160. The fraction of sp³-hybridized carbons (Fsp3) is 0.143. The minimum atomic E-state index is -0.0878. The zero-order chi connectivity index (χ0) is 28.7. The highest BCUT2D eigenvalue weighted by Gasteiger charge is 2.33. The summed E-state index contributed by atoms with van der Waals surface area (Å²) in [5.74, 6) is 0.786. The van der Waals surface area contributed by atoms with Gasteiger partial charge in [-0.15, -0.1) is 0 Å². The predicted octanol–water partition coefficient (Wildman–Crippen LogP) is 6.84. The lowest BCUT2D eigenvalue weighted by Gasteiger charge is -2.29. The number of methoxy groups -OCH3 is 1. The Morgan fingerprint density at radius 1 is 0.585 bits per heavy atom. The van der Waals surface area contributed by atoms with Crippen molar-refractivity contribution in [2.45, 2.75) is 25.7 Å². The van der Waals surface area contributed by atoms with E-state index in [1.807, 2.05) is 54.6 Å². The number of aromatic hydroxyl groups is 5. The summed E-state index contributed by atoms with van der Waals surface area (Å²) < 4.78 is 5.70. The van der Waals surface area contributed by atoms with Crippen LogP contribution in [0.4, 0.5) is 0 Å². The van der Waals surface area contributed by atoms with E-state index < -0.39 is 0 Å². The molecule has 0 aliphatic heterocycles. The Balaban J connectivity index is 1.61. The van der Waals surface area contributed by atoms with Crippen molar-refractivity contribution < 1.29 is 30.3 Å². The monoisotopic (exact) mass is 546 g/mol. The van der Waals surface area contributed by atoms with Crippen LogP contribution in [0, 0.1) is 0 Å². The second-order valence-electron chi connectivity index (χ2n) is 10.4. The topological polar surface area (TPSA) is 110 Å². The van der Waals surface area contributed by atoms with Crippen molar-refractivity contribution in [1.29, 1.82) is 0 Å². The number of rotatable bonds is 6. The molecule has 0 aromatic heterocycles. The van der Waals surface area contributed by atoms with E-state index in [2.05, 4.69) is 0 Å². The van der Waals surface area contributed by atoms with Crippen LogP contribution in [0.5, 0.6) is 34.5 Å². The molecule has 1 aliphatic rings. The SMILES string of the molecule is COc1cc(O)c2c(c1Cc1ccc(O)cc1)CCc1c(Cc3ccc(O)cc3)c(O)c(-c3ccccc3)c(O)c1-2. The van der Waals surface area contributed by atoms with E-state index in [4.69, 9.17) is 4.74 Å². The van der Waals surface area contributed by atoms with Gasteiger partial charge in [0.05, 0.1) is 12.7 Å². The van der Waals surface area contributed by atoms with E-state index in [-0.39, 0.29) is 28.7 Å². The van der Waals surface area contributed by atoms with Gasteiger partial charge in [-0.2, -0.15) is 0 Å². The molecule has 206 valence electrons. The van der Waals surface area contributed by atoms with Crippen molar-refractivity contribution in [3.63, 3.8) is 0 Å². The molecule has 0 atom stereocenters. The third-order valence-corrected chi connectivity index (χ3v) is 7.94. The van der Waals surface area contributed by atoms with Gasteiger partial charge >= 0.3 is 0 Å². The Labute approximate surface area is 238 Å². The molecule has 41 heavy (non-hydrogen) atoms. The molecule has 0 amide bonds. The van der Waals surface area contributed by atoms with Gasteiger partial charge in [-0.1, -0.05) is 54.6 Å². The molecule has 0 bridgehead atoms. The average molecular weight is 547 g/mol. The highest BCUT2D eigenvalue weighted by Crippen LogP contribution is 2.55. The van der Waals surface area contributed by atoms with Gasteiger partial charge in [-0.3, -0.25) is 0 Å². The van der Waals surface area contributed by atoms with Crippen LogP contribution in [0.25, 0.3) is 22.3 Å². The van der Waals surface area contributed by atoms with Gasteiger partial charge < -0.3 is 30.3 Å². The molecule has 6 heteroatoms. The minimum Gasteiger partial charge on any atom is -0.508 e. The van der Waals surface area contributed by atoms with E-state index in [0.717, 1.165) is 27.8 Å². The van der Waals surface area contributed by atoms with Crippen molar-refractivity contribution in [2.75, 3.05) is 7.11 Å². The van der Waals surface area contributed by atoms with Gasteiger partial charge in [0.25, 0.3) is 0 Å². The molecule has 1 aliphatic carbocycles. The molecule has 0 fully saturated rings. The van der Waals surface area contributed by atoms with E-state index >= 15 is 0 Å². The van der Waals surface area contributed by atoms with Crippen molar-refractivity contribution in [2.24, 2.45) is 0 Å². The van der Waals surface area contributed by atoms with E-state index in [1.165, 1.54) is 0 Å². The summed E-state index contributed by atoms with van der Waals surface area (Å²) >= 11 is 0.